The molecule has 2 heterocycles. The van der Waals surface area contributed by atoms with Crippen LogP contribution in [0.2, 0.25) is 0 Å². The molecular weight excluding hydrogens is 268 g/mol. The monoisotopic (exact) mass is 278 g/mol. The average molecular weight is 278 g/mol. The predicted molar refractivity (Wildman–Crippen MR) is 78.7 cm³/mol. The molecule has 2 N–H and O–H groups in total. The normalized spacial score (nSPS) is 11.2. The number of rotatable bonds is 1. The van der Waals surface area contributed by atoms with Crippen molar-refractivity contribution in [3.63, 3.8) is 0 Å². The summed E-state index contributed by atoms with van der Waals surface area (Å²) in [5.74, 6) is 0.389. The summed E-state index contributed by atoms with van der Waals surface area (Å²) in [6.07, 6.45) is 1.36. The summed E-state index contributed by atoms with van der Waals surface area (Å²) < 4.78 is 1.34. The molecule has 2 aromatic carbocycles. The molecule has 0 aliphatic heterocycles. The van der Waals surface area contributed by atoms with Crippen LogP contribution in [0.25, 0.3) is 27.9 Å². The molecule has 0 aliphatic rings. The molecule has 0 saturated carbocycles. The number of nitrogens with one attached hydrogen (secondary N) is 1. The topological polar surface area (TPSA) is 83.8 Å². The van der Waals surface area contributed by atoms with Gasteiger partial charge in [0.25, 0.3) is 5.56 Å². The molecular formula is C15H10N4O2. The van der Waals surface area contributed by atoms with E-state index in [4.69, 9.17) is 0 Å². The lowest BCUT2D eigenvalue weighted by molar-refractivity contribution is 0.480. The summed E-state index contributed by atoms with van der Waals surface area (Å²) >= 11 is 0. The third kappa shape index (κ3) is 1.69. The Kier molecular flexibility index (Phi) is 2.32. The van der Waals surface area contributed by atoms with Gasteiger partial charge in [-0.3, -0.25) is 4.79 Å². The fourth-order valence-electron chi connectivity index (χ4n) is 2.34. The fourth-order valence-corrected chi connectivity index (χ4v) is 2.34. The molecule has 0 saturated heterocycles. The van der Waals surface area contributed by atoms with Crippen molar-refractivity contribution < 1.29 is 5.11 Å². The quantitative estimate of drug-likeness (QED) is 0.557. The Morgan fingerprint density at radius 2 is 1.95 bits per heavy atom. The van der Waals surface area contributed by atoms with Gasteiger partial charge in [0.1, 0.15) is 17.6 Å². The van der Waals surface area contributed by atoms with Gasteiger partial charge in [0, 0.05) is 0 Å². The van der Waals surface area contributed by atoms with Gasteiger partial charge in [-0.1, -0.05) is 18.2 Å². The first-order valence-electron chi connectivity index (χ1n) is 6.38. The highest BCUT2D eigenvalue weighted by atomic mass is 16.3. The largest absolute Gasteiger partial charge is 0.506 e. The van der Waals surface area contributed by atoms with E-state index in [1.54, 1.807) is 12.1 Å². The minimum absolute atomic E-state index is 0.0126. The van der Waals surface area contributed by atoms with Crippen LogP contribution in [-0.2, 0) is 0 Å². The predicted octanol–water partition coefficient (Wildman–Crippen LogP) is 1.97. The number of aromatic nitrogens is 4. The Morgan fingerprint density at radius 1 is 1.10 bits per heavy atom. The van der Waals surface area contributed by atoms with E-state index in [1.165, 1.54) is 17.0 Å². The Labute approximate surface area is 118 Å². The summed E-state index contributed by atoms with van der Waals surface area (Å²) in [6.45, 7) is 0. The lowest BCUT2D eigenvalue weighted by atomic mass is 10.2. The lowest BCUT2D eigenvalue weighted by Crippen LogP contribution is -2.19. The van der Waals surface area contributed by atoms with Crippen molar-refractivity contribution in [1.82, 2.24) is 19.5 Å². The fraction of sp³-hybridized carbons (Fsp3) is 0. The van der Waals surface area contributed by atoms with Crippen LogP contribution < -0.4 is 5.56 Å². The first-order chi connectivity index (χ1) is 10.2. The van der Waals surface area contributed by atoms with Crippen LogP contribution >= 0.6 is 0 Å². The number of phenolic OH excluding ortho intramolecular Hbond substituents is 1. The minimum Gasteiger partial charge on any atom is -0.506 e. The molecule has 0 spiro atoms. The molecule has 0 unspecified atom stereocenters. The highest BCUT2D eigenvalue weighted by Gasteiger charge is 2.11. The SMILES string of the molecule is O=c1c2cccc(O)c2ncn1-c1nc2ccccc2[nH]1. The van der Waals surface area contributed by atoms with Gasteiger partial charge in [0.15, 0.2) is 0 Å². The lowest BCUT2D eigenvalue weighted by Gasteiger charge is -2.03. The summed E-state index contributed by atoms with van der Waals surface area (Å²) in [4.78, 5) is 24.1. The zero-order valence-corrected chi connectivity index (χ0v) is 10.8. The number of phenols is 1. The van der Waals surface area contributed by atoms with E-state index in [0.717, 1.165) is 11.0 Å². The van der Waals surface area contributed by atoms with Crippen molar-refractivity contribution in [3.8, 4) is 11.7 Å². The van der Waals surface area contributed by atoms with Gasteiger partial charge in [0.05, 0.1) is 16.4 Å². The minimum atomic E-state index is -0.282. The van der Waals surface area contributed by atoms with Crippen LogP contribution in [-0.4, -0.2) is 24.6 Å². The second kappa shape index (κ2) is 4.17. The van der Waals surface area contributed by atoms with E-state index >= 15 is 0 Å². The second-order valence-corrected chi connectivity index (χ2v) is 4.67. The third-order valence-corrected chi connectivity index (χ3v) is 3.37. The molecule has 21 heavy (non-hydrogen) atoms. The molecule has 0 amide bonds. The van der Waals surface area contributed by atoms with E-state index in [2.05, 4.69) is 15.0 Å². The van der Waals surface area contributed by atoms with E-state index in [0.29, 0.717) is 11.3 Å². The van der Waals surface area contributed by atoms with Crippen LogP contribution in [0.3, 0.4) is 0 Å². The molecule has 4 aromatic rings. The number of aromatic hydroxyl groups is 1. The van der Waals surface area contributed by atoms with Gasteiger partial charge < -0.3 is 10.1 Å². The smallest absolute Gasteiger partial charge is 0.268 e. The number of para-hydroxylation sites is 3. The molecule has 102 valence electrons. The van der Waals surface area contributed by atoms with E-state index in [1.807, 2.05) is 24.3 Å². The van der Waals surface area contributed by atoms with Gasteiger partial charge >= 0.3 is 0 Å². The Hall–Kier alpha value is -3.15. The third-order valence-electron chi connectivity index (χ3n) is 3.37. The molecule has 6 nitrogen and oxygen atoms in total. The zero-order chi connectivity index (χ0) is 14.4. The van der Waals surface area contributed by atoms with Crippen LogP contribution in [0.1, 0.15) is 0 Å². The second-order valence-electron chi connectivity index (χ2n) is 4.67. The molecule has 0 fully saturated rings. The molecule has 6 heteroatoms. The van der Waals surface area contributed by atoms with Crippen molar-refractivity contribution in [2.75, 3.05) is 0 Å². The standard InChI is InChI=1S/C15H10N4O2/c20-12-7-3-4-9-13(12)16-8-19(14(9)21)15-17-10-5-1-2-6-11(10)18-15/h1-8,20H,(H,17,18). The van der Waals surface area contributed by atoms with E-state index in [-0.39, 0.29) is 16.8 Å². The van der Waals surface area contributed by atoms with Crippen LogP contribution in [0, 0.1) is 0 Å². The number of hydrogen-bond acceptors (Lipinski definition) is 4. The molecule has 0 atom stereocenters. The van der Waals surface area contributed by atoms with E-state index in [9.17, 15) is 9.90 Å². The molecule has 0 radical (unpaired) electrons. The van der Waals surface area contributed by atoms with Crippen molar-refractivity contribution >= 4 is 21.9 Å². The Balaban J connectivity index is 2.02. The summed E-state index contributed by atoms with van der Waals surface area (Å²) in [7, 11) is 0. The number of fused-ring (bicyclic) bond motifs is 2. The first-order valence-corrected chi connectivity index (χ1v) is 6.38. The maximum atomic E-state index is 12.5. The van der Waals surface area contributed by atoms with E-state index < -0.39 is 0 Å². The highest BCUT2D eigenvalue weighted by molar-refractivity contribution is 5.83. The number of nitrogens with zero attached hydrogens (tertiary/aromatic N) is 3. The van der Waals surface area contributed by atoms with Crippen LogP contribution in [0.5, 0.6) is 5.75 Å². The van der Waals surface area contributed by atoms with Gasteiger partial charge in [-0.2, -0.15) is 0 Å². The van der Waals surface area contributed by atoms with Gasteiger partial charge in [-0.05, 0) is 24.3 Å². The van der Waals surface area contributed by atoms with Crippen molar-refractivity contribution in [3.05, 3.63) is 59.1 Å². The molecule has 0 aliphatic carbocycles. The molecule has 2 aromatic heterocycles. The molecule has 4 rings (SSSR count). The van der Waals surface area contributed by atoms with Crippen LogP contribution in [0.15, 0.2) is 53.6 Å². The van der Waals surface area contributed by atoms with Gasteiger partial charge in [-0.15, -0.1) is 0 Å². The van der Waals surface area contributed by atoms with Gasteiger partial charge in [-0.25, -0.2) is 14.5 Å². The number of imidazole rings is 1. The van der Waals surface area contributed by atoms with Gasteiger partial charge in [0.2, 0.25) is 5.95 Å². The summed E-state index contributed by atoms with van der Waals surface area (Å²) in [5.41, 5.74) is 1.62. The van der Waals surface area contributed by atoms with Crippen molar-refractivity contribution in [1.29, 1.82) is 0 Å². The molecule has 0 bridgehead atoms. The Morgan fingerprint density at radius 3 is 2.81 bits per heavy atom. The number of aromatic amines is 1. The highest BCUT2D eigenvalue weighted by Crippen LogP contribution is 2.19. The Bertz CT molecular complexity index is 1000. The summed E-state index contributed by atoms with van der Waals surface area (Å²) in [5, 5.41) is 10.1. The van der Waals surface area contributed by atoms with Crippen molar-refractivity contribution in [2.45, 2.75) is 0 Å². The number of H-pyrrole nitrogens is 1. The summed E-state index contributed by atoms with van der Waals surface area (Å²) in [6, 6.07) is 12.3. The maximum absolute atomic E-state index is 12.5. The maximum Gasteiger partial charge on any atom is 0.268 e. The number of benzene rings is 2. The zero-order valence-electron chi connectivity index (χ0n) is 10.8. The number of hydrogen-bond donors (Lipinski definition) is 2. The van der Waals surface area contributed by atoms with Crippen LogP contribution in [0.4, 0.5) is 0 Å². The van der Waals surface area contributed by atoms with Crippen molar-refractivity contribution in [2.24, 2.45) is 0 Å². The average Bonchev–Trinajstić information content (AvgIpc) is 2.92. The first kappa shape index (κ1) is 11.7.